The van der Waals surface area contributed by atoms with Gasteiger partial charge in [0, 0.05) is 30.4 Å². The molecular weight excluding hydrogens is 356 g/mol. The lowest BCUT2D eigenvalue weighted by Crippen LogP contribution is -2.42. The Bertz CT molecular complexity index is 845. The molecule has 28 heavy (non-hydrogen) atoms. The van der Waals surface area contributed by atoms with Crippen LogP contribution in [0, 0.1) is 5.41 Å². The molecule has 2 aromatic carbocycles. The highest BCUT2D eigenvalue weighted by Crippen LogP contribution is 2.26. The number of benzene rings is 2. The van der Waals surface area contributed by atoms with E-state index in [4.69, 9.17) is 0 Å². The van der Waals surface area contributed by atoms with Gasteiger partial charge in [0.2, 0.25) is 0 Å². The van der Waals surface area contributed by atoms with E-state index in [-0.39, 0.29) is 12.5 Å². The molecule has 6 heteroatoms. The highest BCUT2D eigenvalue weighted by molar-refractivity contribution is 6.07. The average molecular weight is 382 g/mol. The molecule has 0 radical (unpaired) electrons. The van der Waals surface area contributed by atoms with Gasteiger partial charge in [0.1, 0.15) is 0 Å². The Hall–Kier alpha value is -3.15. The van der Waals surface area contributed by atoms with E-state index in [0.717, 1.165) is 5.69 Å². The third kappa shape index (κ3) is 4.57. The zero-order chi connectivity index (χ0) is 20.7. The first-order valence-electron chi connectivity index (χ1n) is 9.29. The van der Waals surface area contributed by atoms with Gasteiger partial charge in [-0.1, -0.05) is 38.1 Å². The fraction of sp³-hybridized carbons (Fsp3) is 0.318. The van der Waals surface area contributed by atoms with Gasteiger partial charge in [-0.15, -0.1) is 0 Å². The zero-order valence-electron chi connectivity index (χ0n) is 16.4. The number of aliphatic carboxylic acids is 1. The first kappa shape index (κ1) is 21.2. The molecule has 2 N–H and O–H groups in total. The number of para-hydroxylation sites is 1. The third-order valence-corrected chi connectivity index (χ3v) is 5.21. The fourth-order valence-corrected chi connectivity index (χ4v) is 2.99. The minimum atomic E-state index is -0.989. The number of nitrogens with one attached hydrogen (secondary N) is 1. The Morgan fingerprint density at radius 2 is 1.57 bits per heavy atom. The molecule has 0 aliphatic rings. The van der Waals surface area contributed by atoms with Gasteiger partial charge in [-0.25, -0.2) is 0 Å². The van der Waals surface area contributed by atoms with E-state index in [1.807, 2.05) is 30.3 Å². The minimum Gasteiger partial charge on any atom is -0.481 e. The summed E-state index contributed by atoms with van der Waals surface area (Å²) >= 11 is 0. The first-order valence-corrected chi connectivity index (χ1v) is 9.29. The molecular formula is C22H26N2O4. The number of carbonyl (C=O) groups is 3. The number of rotatable bonds is 8. The lowest BCUT2D eigenvalue weighted by molar-refractivity contribution is -0.149. The lowest BCUT2D eigenvalue weighted by Gasteiger charge is -2.26. The Morgan fingerprint density at radius 3 is 2.14 bits per heavy atom. The maximum Gasteiger partial charge on any atom is 0.311 e. The molecule has 148 valence electrons. The van der Waals surface area contributed by atoms with Gasteiger partial charge >= 0.3 is 5.97 Å². The molecule has 2 amide bonds. The molecule has 0 saturated carbocycles. The average Bonchev–Trinajstić information content (AvgIpc) is 2.74. The molecule has 0 aliphatic heterocycles. The number of carboxylic acids is 1. The van der Waals surface area contributed by atoms with Crippen LogP contribution in [0.1, 0.15) is 47.4 Å². The van der Waals surface area contributed by atoms with Crippen molar-refractivity contribution < 1.29 is 19.5 Å². The number of hydrogen-bond donors (Lipinski definition) is 2. The molecule has 0 heterocycles. The number of hydrogen-bond acceptors (Lipinski definition) is 3. The van der Waals surface area contributed by atoms with Crippen LogP contribution in [-0.2, 0) is 4.79 Å². The van der Waals surface area contributed by atoms with Crippen molar-refractivity contribution in [2.45, 2.75) is 26.7 Å². The molecule has 0 atom stereocenters. The molecule has 0 spiro atoms. The quantitative estimate of drug-likeness (QED) is 0.730. The van der Waals surface area contributed by atoms with Crippen molar-refractivity contribution in [2.75, 3.05) is 18.5 Å². The second kappa shape index (κ2) is 9.17. The number of amides is 2. The second-order valence-electron chi connectivity index (χ2n) is 6.76. The van der Waals surface area contributed by atoms with Crippen molar-refractivity contribution in [1.29, 1.82) is 0 Å². The van der Waals surface area contributed by atoms with Crippen LogP contribution in [0.3, 0.4) is 0 Å². The van der Waals surface area contributed by atoms with Crippen molar-refractivity contribution in [3.63, 3.8) is 0 Å². The summed E-state index contributed by atoms with van der Waals surface area (Å²) in [6.07, 6.45) is 0.832. The van der Waals surface area contributed by atoms with E-state index in [1.165, 1.54) is 11.0 Å². The molecule has 6 nitrogen and oxygen atoms in total. The fourth-order valence-electron chi connectivity index (χ4n) is 2.99. The van der Waals surface area contributed by atoms with Crippen LogP contribution in [0.25, 0.3) is 0 Å². The van der Waals surface area contributed by atoms with Crippen molar-refractivity contribution >= 4 is 23.5 Å². The SMILES string of the molecule is CCC(CC)(CNC(=O)c1cccc(C(=O)N(C)c2ccccc2)c1)C(=O)O. The van der Waals surface area contributed by atoms with Gasteiger partial charge in [0.05, 0.1) is 5.41 Å². The molecule has 2 aromatic rings. The molecule has 0 aliphatic carbocycles. The monoisotopic (exact) mass is 382 g/mol. The summed E-state index contributed by atoms with van der Waals surface area (Å²) in [5.74, 6) is -1.56. The maximum absolute atomic E-state index is 12.7. The highest BCUT2D eigenvalue weighted by Gasteiger charge is 2.35. The summed E-state index contributed by atoms with van der Waals surface area (Å²) in [4.78, 5) is 38.4. The van der Waals surface area contributed by atoms with E-state index < -0.39 is 17.3 Å². The van der Waals surface area contributed by atoms with Gasteiger partial charge < -0.3 is 15.3 Å². The standard InChI is InChI=1S/C22H26N2O4/c1-4-22(5-2,21(27)28)15-23-19(25)16-10-9-11-17(14-16)20(26)24(3)18-12-7-6-8-13-18/h6-14H,4-5,15H2,1-3H3,(H,23,25)(H,27,28). The van der Waals surface area contributed by atoms with Crippen LogP contribution < -0.4 is 10.2 Å². The van der Waals surface area contributed by atoms with Gasteiger partial charge in [-0.05, 0) is 43.2 Å². The summed E-state index contributed by atoms with van der Waals surface area (Å²) in [7, 11) is 1.67. The van der Waals surface area contributed by atoms with E-state index in [0.29, 0.717) is 24.0 Å². The Balaban J connectivity index is 2.15. The topological polar surface area (TPSA) is 86.7 Å². The largest absolute Gasteiger partial charge is 0.481 e. The second-order valence-corrected chi connectivity index (χ2v) is 6.76. The number of anilines is 1. The van der Waals surface area contributed by atoms with Crippen LogP contribution >= 0.6 is 0 Å². The zero-order valence-corrected chi connectivity index (χ0v) is 16.4. The summed E-state index contributed by atoms with van der Waals surface area (Å²) in [5, 5.41) is 12.2. The van der Waals surface area contributed by atoms with Crippen molar-refractivity contribution in [2.24, 2.45) is 5.41 Å². The molecule has 0 unspecified atom stereocenters. The first-order chi connectivity index (χ1) is 13.3. The highest BCUT2D eigenvalue weighted by atomic mass is 16.4. The number of nitrogens with zero attached hydrogens (tertiary/aromatic N) is 1. The summed E-state index contributed by atoms with van der Waals surface area (Å²) in [5.41, 5.74) is 0.462. The van der Waals surface area contributed by atoms with Gasteiger partial charge in [-0.2, -0.15) is 0 Å². The Labute approximate surface area is 165 Å². The van der Waals surface area contributed by atoms with Gasteiger partial charge in [0.25, 0.3) is 11.8 Å². The van der Waals surface area contributed by atoms with E-state index in [1.54, 1.807) is 39.1 Å². The van der Waals surface area contributed by atoms with Crippen LogP contribution in [0.15, 0.2) is 54.6 Å². The summed E-state index contributed by atoms with van der Waals surface area (Å²) in [6, 6.07) is 15.6. The van der Waals surface area contributed by atoms with Crippen LogP contribution in [0.2, 0.25) is 0 Å². The molecule has 0 saturated heterocycles. The molecule has 0 bridgehead atoms. The van der Waals surface area contributed by atoms with Crippen molar-refractivity contribution in [3.8, 4) is 0 Å². The van der Waals surface area contributed by atoms with Crippen LogP contribution in [0.5, 0.6) is 0 Å². The van der Waals surface area contributed by atoms with Gasteiger partial charge in [0.15, 0.2) is 0 Å². The lowest BCUT2D eigenvalue weighted by atomic mass is 9.82. The van der Waals surface area contributed by atoms with E-state index in [9.17, 15) is 19.5 Å². The number of carboxylic acid groups (broad SMARTS) is 1. The Morgan fingerprint density at radius 1 is 0.964 bits per heavy atom. The molecule has 2 rings (SSSR count). The van der Waals surface area contributed by atoms with E-state index >= 15 is 0 Å². The number of carbonyl (C=O) groups excluding carboxylic acids is 2. The third-order valence-electron chi connectivity index (χ3n) is 5.21. The predicted octanol–water partition coefficient (Wildman–Crippen LogP) is 3.58. The normalized spacial score (nSPS) is 11.0. The summed E-state index contributed by atoms with van der Waals surface area (Å²) in [6.45, 7) is 3.63. The maximum atomic E-state index is 12.7. The van der Waals surface area contributed by atoms with E-state index in [2.05, 4.69) is 5.32 Å². The predicted molar refractivity (Wildman–Crippen MR) is 109 cm³/mol. The van der Waals surface area contributed by atoms with Crippen molar-refractivity contribution in [1.82, 2.24) is 5.32 Å². The molecule has 0 fully saturated rings. The Kier molecular flexibility index (Phi) is 6.93. The smallest absolute Gasteiger partial charge is 0.311 e. The summed E-state index contributed by atoms with van der Waals surface area (Å²) < 4.78 is 0. The minimum absolute atomic E-state index is 0.0380. The molecule has 0 aromatic heterocycles. The van der Waals surface area contributed by atoms with Crippen molar-refractivity contribution in [3.05, 3.63) is 65.7 Å². The van der Waals surface area contributed by atoms with Crippen LogP contribution in [-0.4, -0.2) is 36.5 Å². The van der Waals surface area contributed by atoms with Gasteiger partial charge in [-0.3, -0.25) is 14.4 Å². The van der Waals surface area contributed by atoms with Crippen LogP contribution in [0.4, 0.5) is 5.69 Å².